The van der Waals surface area contributed by atoms with Gasteiger partial charge in [-0.3, -0.25) is 4.79 Å². The van der Waals surface area contributed by atoms with E-state index in [1.807, 2.05) is 25.1 Å². The molecule has 3 N–H and O–H groups in total. The van der Waals surface area contributed by atoms with Crippen LogP contribution in [-0.2, 0) is 4.79 Å². The summed E-state index contributed by atoms with van der Waals surface area (Å²) in [7, 11) is 1.55. The SMILES string of the molecule is COc1ccc(NC(=O)COc2cc(C)ccc2C(C)C)cc1N. The lowest BCUT2D eigenvalue weighted by atomic mass is 10.0. The topological polar surface area (TPSA) is 73.6 Å². The van der Waals surface area contributed by atoms with E-state index in [2.05, 4.69) is 19.2 Å². The number of ether oxygens (including phenoxy) is 2. The van der Waals surface area contributed by atoms with E-state index in [1.165, 1.54) is 0 Å². The molecular formula is C19H24N2O3. The number of benzene rings is 2. The standard InChI is InChI=1S/C19H24N2O3/c1-12(2)15-7-5-13(3)9-18(15)24-11-19(22)21-14-6-8-17(23-4)16(20)10-14/h5-10,12H,11,20H2,1-4H3,(H,21,22). The first-order valence-electron chi connectivity index (χ1n) is 7.87. The van der Waals surface area contributed by atoms with Gasteiger partial charge in [0.15, 0.2) is 6.61 Å². The number of nitrogens with two attached hydrogens (primary N) is 1. The van der Waals surface area contributed by atoms with Gasteiger partial charge in [-0.15, -0.1) is 0 Å². The van der Waals surface area contributed by atoms with Crippen molar-refractivity contribution in [2.45, 2.75) is 26.7 Å². The Kier molecular flexibility index (Phi) is 5.68. The number of aryl methyl sites for hydroxylation is 1. The number of hydrogen-bond acceptors (Lipinski definition) is 4. The van der Waals surface area contributed by atoms with E-state index < -0.39 is 0 Å². The molecule has 0 aromatic heterocycles. The molecule has 0 atom stereocenters. The van der Waals surface area contributed by atoms with Crippen LogP contribution in [0.15, 0.2) is 36.4 Å². The predicted octanol–water partition coefficient (Wildman–Crippen LogP) is 3.73. The van der Waals surface area contributed by atoms with Gasteiger partial charge in [-0.25, -0.2) is 0 Å². The third kappa shape index (κ3) is 4.41. The number of amides is 1. The molecule has 0 spiro atoms. The molecule has 0 aliphatic rings. The van der Waals surface area contributed by atoms with Crippen molar-refractivity contribution in [2.75, 3.05) is 24.8 Å². The number of nitrogens with one attached hydrogen (secondary N) is 1. The summed E-state index contributed by atoms with van der Waals surface area (Å²) in [5.74, 6) is 1.40. The minimum Gasteiger partial charge on any atom is -0.495 e. The highest BCUT2D eigenvalue weighted by molar-refractivity contribution is 5.92. The van der Waals surface area contributed by atoms with Crippen molar-refractivity contribution in [3.05, 3.63) is 47.5 Å². The van der Waals surface area contributed by atoms with Crippen molar-refractivity contribution in [1.29, 1.82) is 0 Å². The molecule has 0 bridgehead atoms. The van der Waals surface area contributed by atoms with Gasteiger partial charge < -0.3 is 20.5 Å². The quantitative estimate of drug-likeness (QED) is 0.793. The van der Waals surface area contributed by atoms with Gasteiger partial charge in [-0.1, -0.05) is 26.0 Å². The number of carbonyl (C=O) groups excluding carboxylic acids is 1. The lowest BCUT2D eigenvalue weighted by molar-refractivity contribution is -0.118. The number of carbonyl (C=O) groups is 1. The zero-order chi connectivity index (χ0) is 17.7. The van der Waals surface area contributed by atoms with Gasteiger partial charge >= 0.3 is 0 Å². The maximum absolute atomic E-state index is 12.1. The third-order valence-electron chi connectivity index (χ3n) is 3.66. The number of nitrogen functional groups attached to an aromatic ring is 1. The van der Waals surface area contributed by atoms with E-state index in [1.54, 1.807) is 25.3 Å². The van der Waals surface area contributed by atoms with Gasteiger partial charge in [-0.2, -0.15) is 0 Å². The number of rotatable bonds is 6. The average Bonchev–Trinajstić information content (AvgIpc) is 2.53. The third-order valence-corrected chi connectivity index (χ3v) is 3.66. The van der Waals surface area contributed by atoms with Crippen LogP contribution in [0.4, 0.5) is 11.4 Å². The molecule has 0 aliphatic carbocycles. The summed E-state index contributed by atoms with van der Waals surface area (Å²) in [5, 5.41) is 2.77. The molecule has 0 heterocycles. The normalized spacial score (nSPS) is 10.5. The van der Waals surface area contributed by atoms with Gasteiger partial charge in [0.2, 0.25) is 0 Å². The summed E-state index contributed by atoms with van der Waals surface area (Å²) in [6.07, 6.45) is 0. The number of anilines is 2. The molecule has 0 aliphatic heterocycles. The molecule has 2 aromatic rings. The summed E-state index contributed by atoms with van der Waals surface area (Å²) in [4.78, 5) is 12.1. The molecule has 24 heavy (non-hydrogen) atoms. The van der Waals surface area contributed by atoms with Crippen LogP contribution in [0.25, 0.3) is 0 Å². The van der Waals surface area contributed by atoms with E-state index >= 15 is 0 Å². The molecule has 0 unspecified atom stereocenters. The van der Waals surface area contributed by atoms with Gasteiger partial charge in [0, 0.05) is 5.69 Å². The fraction of sp³-hybridized carbons (Fsp3) is 0.316. The molecule has 2 rings (SSSR count). The monoisotopic (exact) mass is 328 g/mol. The van der Waals surface area contributed by atoms with E-state index in [0.717, 1.165) is 16.9 Å². The van der Waals surface area contributed by atoms with Crippen LogP contribution in [0, 0.1) is 6.92 Å². The fourth-order valence-corrected chi connectivity index (χ4v) is 2.40. The first-order chi connectivity index (χ1) is 11.4. The number of hydrogen-bond donors (Lipinski definition) is 2. The maximum Gasteiger partial charge on any atom is 0.262 e. The summed E-state index contributed by atoms with van der Waals surface area (Å²) in [6.45, 7) is 6.13. The molecule has 5 heteroatoms. The Balaban J connectivity index is 2.01. The molecule has 2 aromatic carbocycles. The summed E-state index contributed by atoms with van der Waals surface area (Å²) >= 11 is 0. The zero-order valence-corrected chi connectivity index (χ0v) is 14.6. The first kappa shape index (κ1) is 17.7. The highest BCUT2D eigenvalue weighted by Gasteiger charge is 2.11. The minimum absolute atomic E-state index is 0.0604. The Morgan fingerprint density at radius 2 is 1.92 bits per heavy atom. The molecule has 128 valence electrons. The van der Waals surface area contributed by atoms with E-state index in [-0.39, 0.29) is 12.5 Å². The fourth-order valence-electron chi connectivity index (χ4n) is 2.40. The lowest BCUT2D eigenvalue weighted by Crippen LogP contribution is -2.20. The van der Waals surface area contributed by atoms with E-state index in [9.17, 15) is 4.79 Å². The van der Waals surface area contributed by atoms with Crippen LogP contribution >= 0.6 is 0 Å². The Morgan fingerprint density at radius 3 is 2.54 bits per heavy atom. The Labute approximate surface area is 142 Å². The Hall–Kier alpha value is -2.69. The second-order valence-corrected chi connectivity index (χ2v) is 5.99. The molecule has 0 fully saturated rings. The highest BCUT2D eigenvalue weighted by atomic mass is 16.5. The highest BCUT2D eigenvalue weighted by Crippen LogP contribution is 2.28. The lowest BCUT2D eigenvalue weighted by Gasteiger charge is -2.15. The zero-order valence-electron chi connectivity index (χ0n) is 14.6. The van der Waals surface area contributed by atoms with Crippen LogP contribution < -0.4 is 20.5 Å². The average molecular weight is 328 g/mol. The van der Waals surface area contributed by atoms with Crippen LogP contribution in [0.2, 0.25) is 0 Å². The van der Waals surface area contributed by atoms with Crippen LogP contribution in [-0.4, -0.2) is 19.6 Å². The molecule has 0 saturated carbocycles. The van der Waals surface area contributed by atoms with Gasteiger partial charge in [0.1, 0.15) is 11.5 Å². The molecule has 0 radical (unpaired) electrons. The second kappa shape index (κ2) is 7.73. The maximum atomic E-state index is 12.1. The van der Waals surface area contributed by atoms with Crippen LogP contribution in [0.3, 0.4) is 0 Å². The van der Waals surface area contributed by atoms with Gasteiger partial charge in [0.25, 0.3) is 5.91 Å². The van der Waals surface area contributed by atoms with Crippen LogP contribution in [0.5, 0.6) is 11.5 Å². The molecule has 1 amide bonds. The van der Waals surface area contributed by atoms with Crippen molar-refractivity contribution >= 4 is 17.3 Å². The van der Waals surface area contributed by atoms with Crippen molar-refractivity contribution < 1.29 is 14.3 Å². The molecule has 0 saturated heterocycles. The Morgan fingerprint density at radius 1 is 1.17 bits per heavy atom. The smallest absolute Gasteiger partial charge is 0.262 e. The van der Waals surface area contributed by atoms with Crippen molar-refractivity contribution in [3.63, 3.8) is 0 Å². The molecule has 5 nitrogen and oxygen atoms in total. The summed E-state index contributed by atoms with van der Waals surface area (Å²) in [6, 6.07) is 11.1. The van der Waals surface area contributed by atoms with Crippen molar-refractivity contribution in [3.8, 4) is 11.5 Å². The largest absolute Gasteiger partial charge is 0.495 e. The summed E-state index contributed by atoms with van der Waals surface area (Å²) in [5.41, 5.74) is 9.09. The van der Waals surface area contributed by atoms with Crippen LogP contribution in [0.1, 0.15) is 30.9 Å². The summed E-state index contributed by atoms with van der Waals surface area (Å²) < 4.78 is 10.8. The second-order valence-electron chi connectivity index (χ2n) is 5.99. The predicted molar refractivity (Wildman–Crippen MR) is 96.8 cm³/mol. The minimum atomic E-state index is -0.240. The van der Waals surface area contributed by atoms with Crippen molar-refractivity contribution in [1.82, 2.24) is 0 Å². The van der Waals surface area contributed by atoms with Crippen molar-refractivity contribution in [2.24, 2.45) is 0 Å². The molecular weight excluding hydrogens is 304 g/mol. The van der Waals surface area contributed by atoms with E-state index in [0.29, 0.717) is 23.0 Å². The van der Waals surface area contributed by atoms with E-state index in [4.69, 9.17) is 15.2 Å². The van der Waals surface area contributed by atoms with Gasteiger partial charge in [-0.05, 0) is 48.2 Å². The Bertz CT molecular complexity index is 727. The number of methoxy groups -OCH3 is 1. The van der Waals surface area contributed by atoms with Gasteiger partial charge in [0.05, 0.1) is 12.8 Å². The first-order valence-corrected chi connectivity index (χ1v) is 7.87.